The zero-order valence-corrected chi connectivity index (χ0v) is 18.3. The number of nitrogens with one attached hydrogen (secondary N) is 1. The van der Waals surface area contributed by atoms with Crippen molar-refractivity contribution in [3.63, 3.8) is 0 Å². The molecule has 1 aliphatic heterocycles. The maximum atomic E-state index is 12.9. The molecule has 1 N–H and O–H groups in total. The second kappa shape index (κ2) is 8.19. The third-order valence-corrected chi connectivity index (χ3v) is 7.68. The summed E-state index contributed by atoms with van der Waals surface area (Å²) < 4.78 is 33.5. The van der Waals surface area contributed by atoms with Crippen LogP contribution in [0.15, 0.2) is 39.8 Å². The van der Waals surface area contributed by atoms with E-state index >= 15 is 0 Å². The molecule has 0 unspecified atom stereocenters. The van der Waals surface area contributed by atoms with Crippen molar-refractivity contribution in [1.82, 2.24) is 15.0 Å². The molecule has 3 aromatic rings. The fraction of sp³-hybridized carbons (Fsp3) is 0.350. The van der Waals surface area contributed by atoms with Gasteiger partial charge in [0.15, 0.2) is 0 Å². The highest BCUT2D eigenvalue weighted by molar-refractivity contribution is 7.93. The lowest BCUT2D eigenvalue weighted by molar-refractivity contribution is 0.0743. The maximum absolute atomic E-state index is 12.9. The third-order valence-electron chi connectivity index (χ3n) is 5.00. The van der Waals surface area contributed by atoms with Crippen LogP contribution in [0.5, 0.6) is 0 Å². The number of hydrogen-bond donors (Lipinski definition) is 1. The monoisotopic (exact) mass is 446 g/mol. The Kier molecular flexibility index (Phi) is 5.61. The lowest BCUT2D eigenvalue weighted by Gasteiger charge is -2.10. The number of nitrogens with zero attached hydrogens (tertiary/aromatic N) is 3. The van der Waals surface area contributed by atoms with Crippen LogP contribution in [0, 0.1) is 6.92 Å². The summed E-state index contributed by atoms with van der Waals surface area (Å²) in [4.78, 5) is 19.5. The van der Waals surface area contributed by atoms with Gasteiger partial charge in [0.05, 0.1) is 4.88 Å². The molecule has 4 rings (SSSR count). The topological polar surface area (TPSA) is 105 Å². The SMILES string of the molecule is CCc1ccc(NS(=O)(=O)c2cc(-c3noc(C(=O)N4CCCC4)n3)sc2C)cc1. The number of anilines is 1. The van der Waals surface area contributed by atoms with E-state index in [0.29, 0.717) is 28.5 Å². The highest BCUT2D eigenvalue weighted by Crippen LogP contribution is 2.33. The Labute approximate surface area is 179 Å². The number of sulfonamides is 1. The molecule has 0 bridgehead atoms. The van der Waals surface area contributed by atoms with Crippen LogP contribution in [0.3, 0.4) is 0 Å². The molecule has 1 amide bonds. The Morgan fingerprint density at radius 3 is 2.60 bits per heavy atom. The summed E-state index contributed by atoms with van der Waals surface area (Å²) in [6, 6.07) is 8.78. The van der Waals surface area contributed by atoms with Crippen LogP contribution in [0.25, 0.3) is 10.7 Å². The standard InChI is InChI=1S/C20H22N4O4S2/c1-3-14-6-8-15(9-7-14)23-30(26,27)17-12-16(29-13(17)2)18-21-19(28-22-18)20(25)24-10-4-5-11-24/h6-9,12,23H,3-5,10-11H2,1-2H3. The first-order valence-corrected chi connectivity index (χ1v) is 12.0. The van der Waals surface area contributed by atoms with Crippen molar-refractivity contribution in [1.29, 1.82) is 0 Å². The van der Waals surface area contributed by atoms with E-state index in [1.54, 1.807) is 24.0 Å². The number of likely N-dealkylation sites (tertiary alicyclic amines) is 1. The molecule has 0 saturated carbocycles. The van der Waals surface area contributed by atoms with Gasteiger partial charge in [0, 0.05) is 23.7 Å². The number of hydrogen-bond acceptors (Lipinski definition) is 7. The molecule has 8 nitrogen and oxygen atoms in total. The van der Waals surface area contributed by atoms with E-state index in [-0.39, 0.29) is 22.5 Å². The van der Waals surface area contributed by atoms with Crippen LogP contribution in [-0.4, -0.2) is 42.5 Å². The highest BCUT2D eigenvalue weighted by atomic mass is 32.2. The minimum absolute atomic E-state index is 0.0727. The van der Waals surface area contributed by atoms with Gasteiger partial charge >= 0.3 is 11.8 Å². The molecule has 2 aromatic heterocycles. The van der Waals surface area contributed by atoms with Gasteiger partial charge in [-0.2, -0.15) is 4.98 Å². The second-order valence-corrected chi connectivity index (χ2v) is 10.0. The molecular weight excluding hydrogens is 424 g/mol. The number of benzene rings is 1. The van der Waals surface area contributed by atoms with E-state index in [0.717, 1.165) is 24.8 Å². The predicted octanol–water partition coefficient (Wildman–Crippen LogP) is 3.71. The fourth-order valence-corrected chi connectivity index (χ4v) is 5.90. The summed E-state index contributed by atoms with van der Waals surface area (Å²) in [6.45, 7) is 5.13. The second-order valence-electron chi connectivity index (χ2n) is 7.11. The van der Waals surface area contributed by atoms with Gasteiger partial charge in [-0.3, -0.25) is 9.52 Å². The van der Waals surface area contributed by atoms with Crippen molar-refractivity contribution in [2.24, 2.45) is 0 Å². The van der Waals surface area contributed by atoms with Crippen LogP contribution in [0.4, 0.5) is 5.69 Å². The molecule has 0 spiro atoms. The zero-order valence-electron chi connectivity index (χ0n) is 16.7. The summed E-state index contributed by atoms with van der Waals surface area (Å²) >= 11 is 1.24. The van der Waals surface area contributed by atoms with Crippen molar-refractivity contribution >= 4 is 33.0 Å². The molecule has 0 aliphatic carbocycles. The number of amides is 1. The molecule has 0 radical (unpaired) electrons. The molecule has 0 atom stereocenters. The number of rotatable bonds is 6. The van der Waals surface area contributed by atoms with Crippen LogP contribution in [0.1, 0.15) is 40.9 Å². The number of thiophene rings is 1. The van der Waals surface area contributed by atoms with Gasteiger partial charge in [0.25, 0.3) is 10.0 Å². The van der Waals surface area contributed by atoms with Crippen LogP contribution in [0.2, 0.25) is 0 Å². The average Bonchev–Trinajstić information content (AvgIpc) is 3.48. The minimum Gasteiger partial charge on any atom is -0.334 e. The van der Waals surface area contributed by atoms with Gasteiger partial charge < -0.3 is 9.42 Å². The summed E-state index contributed by atoms with van der Waals surface area (Å²) in [5.74, 6) is -0.152. The van der Waals surface area contributed by atoms with Crippen molar-refractivity contribution < 1.29 is 17.7 Å². The van der Waals surface area contributed by atoms with E-state index in [1.807, 2.05) is 19.1 Å². The predicted molar refractivity (Wildman–Crippen MR) is 114 cm³/mol. The minimum atomic E-state index is -3.77. The number of carbonyl (C=O) groups is 1. The average molecular weight is 447 g/mol. The summed E-state index contributed by atoms with van der Waals surface area (Å²) in [7, 11) is -3.77. The molecule has 3 heterocycles. The van der Waals surface area contributed by atoms with Gasteiger partial charge in [-0.25, -0.2) is 8.42 Å². The Morgan fingerprint density at radius 2 is 1.93 bits per heavy atom. The molecular formula is C20H22N4O4S2. The quantitative estimate of drug-likeness (QED) is 0.619. The van der Waals surface area contributed by atoms with Crippen molar-refractivity contribution in [3.05, 3.63) is 46.7 Å². The normalized spacial score (nSPS) is 14.3. The first-order valence-electron chi connectivity index (χ1n) is 9.73. The Morgan fingerprint density at radius 1 is 1.23 bits per heavy atom. The first kappa shape index (κ1) is 20.5. The third kappa shape index (κ3) is 4.10. The first-order chi connectivity index (χ1) is 14.4. The number of aromatic nitrogens is 2. The molecule has 10 heteroatoms. The van der Waals surface area contributed by atoms with Crippen LogP contribution in [-0.2, 0) is 16.4 Å². The molecule has 30 heavy (non-hydrogen) atoms. The maximum Gasteiger partial charge on any atom is 0.316 e. The van der Waals surface area contributed by atoms with E-state index in [1.165, 1.54) is 17.4 Å². The zero-order chi connectivity index (χ0) is 21.3. The fourth-order valence-electron chi connectivity index (χ4n) is 3.33. The van der Waals surface area contributed by atoms with E-state index < -0.39 is 10.0 Å². The van der Waals surface area contributed by atoms with E-state index in [9.17, 15) is 13.2 Å². The largest absolute Gasteiger partial charge is 0.334 e. The molecule has 1 fully saturated rings. The molecule has 1 aromatic carbocycles. The van der Waals surface area contributed by atoms with E-state index in [4.69, 9.17) is 4.52 Å². The molecule has 1 aliphatic rings. The summed E-state index contributed by atoms with van der Waals surface area (Å²) in [5.41, 5.74) is 1.63. The number of carbonyl (C=O) groups excluding carboxylic acids is 1. The molecule has 1 saturated heterocycles. The number of aryl methyl sites for hydroxylation is 2. The van der Waals surface area contributed by atoms with Crippen molar-refractivity contribution in [2.45, 2.75) is 38.0 Å². The van der Waals surface area contributed by atoms with Crippen molar-refractivity contribution in [3.8, 4) is 10.7 Å². The van der Waals surface area contributed by atoms with Gasteiger partial charge in [-0.15, -0.1) is 11.3 Å². The lowest BCUT2D eigenvalue weighted by Crippen LogP contribution is -2.27. The Balaban J connectivity index is 1.56. The van der Waals surface area contributed by atoms with Crippen LogP contribution >= 0.6 is 11.3 Å². The van der Waals surface area contributed by atoms with Crippen LogP contribution < -0.4 is 4.72 Å². The Bertz CT molecular complexity index is 1160. The van der Waals surface area contributed by atoms with Gasteiger partial charge in [-0.1, -0.05) is 24.2 Å². The lowest BCUT2D eigenvalue weighted by atomic mass is 10.2. The van der Waals surface area contributed by atoms with Crippen molar-refractivity contribution in [2.75, 3.05) is 17.8 Å². The summed E-state index contributed by atoms with van der Waals surface area (Å²) in [6.07, 6.45) is 2.81. The van der Waals surface area contributed by atoms with Gasteiger partial charge in [0.1, 0.15) is 4.90 Å². The van der Waals surface area contributed by atoms with E-state index in [2.05, 4.69) is 14.9 Å². The highest BCUT2D eigenvalue weighted by Gasteiger charge is 2.27. The Hall–Kier alpha value is -2.72. The molecule has 158 valence electrons. The van der Waals surface area contributed by atoms with Gasteiger partial charge in [-0.05, 0) is 49.9 Å². The van der Waals surface area contributed by atoms with Gasteiger partial charge in [0.2, 0.25) is 5.82 Å². The summed E-state index contributed by atoms with van der Waals surface area (Å²) in [5, 5.41) is 3.88. The smallest absolute Gasteiger partial charge is 0.316 e.